The van der Waals surface area contributed by atoms with E-state index in [2.05, 4.69) is 0 Å². The Kier molecular flexibility index (Phi) is 3.28. The van der Waals surface area contributed by atoms with Crippen LogP contribution < -0.4 is 0 Å². The molecule has 2 N–H and O–H groups in total. The first-order chi connectivity index (χ1) is 6.09. The largest absolute Gasteiger partial charge is 0.479 e. The zero-order valence-corrected chi connectivity index (χ0v) is 7.53. The fraction of sp³-hybridized carbons (Fsp3) is 0.222. The van der Waals surface area contributed by atoms with E-state index in [1.165, 1.54) is 0 Å². The third-order valence-corrected chi connectivity index (χ3v) is 1.88. The molecule has 0 saturated carbocycles. The monoisotopic (exact) mass is 200 g/mol. The Morgan fingerprint density at radius 2 is 1.92 bits per heavy atom. The molecule has 1 rings (SSSR count). The van der Waals surface area contributed by atoms with Crippen molar-refractivity contribution in [1.29, 1.82) is 0 Å². The molecule has 0 bridgehead atoms. The van der Waals surface area contributed by atoms with Crippen LogP contribution >= 0.6 is 11.6 Å². The van der Waals surface area contributed by atoms with Gasteiger partial charge in [-0.3, -0.25) is 0 Å². The van der Waals surface area contributed by atoms with E-state index in [1.807, 2.05) is 0 Å². The molecule has 70 valence electrons. The normalized spacial score (nSPS) is 12.5. The number of hydrogen-bond donors (Lipinski definition) is 2. The first-order valence-electron chi connectivity index (χ1n) is 3.75. The first-order valence-corrected chi connectivity index (χ1v) is 4.12. The van der Waals surface area contributed by atoms with Crippen molar-refractivity contribution in [1.82, 2.24) is 0 Å². The molecule has 0 spiro atoms. The summed E-state index contributed by atoms with van der Waals surface area (Å²) < 4.78 is 0. The molecule has 0 radical (unpaired) electrons. The third-order valence-electron chi connectivity index (χ3n) is 1.63. The van der Waals surface area contributed by atoms with Gasteiger partial charge in [0, 0.05) is 11.4 Å². The lowest BCUT2D eigenvalue weighted by molar-refractivity contribution is -0.146. The lowest BCUT2D eigenvalue weighted by Gasteiger charge is -2.04. The van der Waals surface area contributed by atoms with E-state index in [9.17, 15) is 4.79 Å². The summed E-state index contributed by atoms with van der Waals surface area (Å²) in [6.07, 6.45) is -1.24. The van der Waals surface area contributed by atoms with Crippen molar-refractivity contribution < 1.29 is 15.0 Å². The molecule has 13 heavy (non-hydrogen) atoms. The molecule has 0 aromatic heterocycles. The Labute approximate surface area is 80.6 Å². The van der Waals surface area contributed by atoms with E-state index in [4.69, 9.17) is 21.8 Å². The van der Waals surface area contributed by atoms with Gasteiger partial charge in [-0.2, -0.15) is 0 Å². The molecular formula is C9H9ClO3. The van der Waals surface area contributed by atoms with Crippen molar-refractivity contribution in [3.05, 3.63) is 34.9 Å². The average Bonchev–Trinajstić information content (AvgIpc) is 2.08. The van der Waals surface area contributed by atoms with E-state index in [-0.39, 0.29) is 6.42 Å². The van der Waals surface area contributed by atoms with Crippen LogP contribution in [0.2, 0.25) is 5.02 Å². The van der Waals surface area contributed by atoms with Crippen molar-refractivity contribution in [3.8, 4) is 0 Å². The van der Waals surface area contributed by atoms with E-state index >= 15 is 0 Å². The van der Waals surface area contributed by atoms with E-state index in [0.717, 1.165) is 5.56 Å². The highest BCUT2D eigenvalue weighted by Gasteiger charge is 2.12. The molecule has 0 aliphatic carbocycles. The van der Waals surface area contributed by atoms with Gasteiger partial charge < -0.3 is 10.2 Å². The number of aliphatic hydroxyl groups is 1. The number of halogens is 1. The second kappa shape index (κ2) is 4.25. The summed E-state index contributed by atoms with van der Waals surface area (Å²) in [5, 5.41) is 18.0. The fourth-order valence-electron chi connectivity index (χ4n) is 0.931. The quantitative estimate of drug-likeness (QED) is 0.774. The molecule has 0 aliphatic heterocycles. The molecule has 0 amide bonds. The van der Waals surface area contributed by atoms with Crippen LogP contribution in [0.15, 0.2) is 24.3 Å². The summed E-state index contributed by atoms with van der Waals surface area (Å²) in [5.41, 5.74) is 0.749. The van der Waals surface area contributed by atoms with Crippen LogP contribution in [0.5, 0.6) is 0 Å². The maximum absolute atomic E-state index is 10.3. The molecule has 0 saturated heterocycles. The van der Waals surface area contributed by atoms with Crippen LogP contribution in [0, 0.1) is 0 Å². The SMILES string of the molecule is O=C(O)[C@H](O)Cc1ccc(Cl)cc1. The summed E-state index contributed by atoms with van der Waals surface area (Å²) >= 11 is 5.63. The highest BCUT2D eigenvalue weighted by molar-refractivity contribution is 6.30. The Bertz CT molecular complexity index is 294. The maximum Gasteiger partial charge on any atom is 0.332 e. The Balaban J connectivity index is 2.64. The molecular weight excluding hydrogens is 192 g/mol. The number of benzene rings is 1. The summed E-state index contributed by atoms with van der Waals surface area (Å²) in [7, 11) is 0. The molecule has 1 aromatic carbocycles. The molecule has 1 atom stereocenters. The highest BCUT2D eigenvalue weighted by Crippen LogP contribution is 2.10. The van der Waals surface area contributed by atoms with Gasteiger partial charge >= 0.3 is 5.97 Å². The van der Waals surface area contributed by atoms with Crippen LogP contribution in [0.1, 0.15) is 5.56 Å². The Morgan fingerprint density at radius 3 is 2.38 bits per heavy atom. The number of rotatable bonds is 3. The number of hydrogen-bond acceptors (Lipinski definition) is 2. The van der Waals surface area contributed by atoms with Crippen LogP contribution in [-0.2, 0) is 11.2 Å². The number of aliphatic hydroxyl groups excluding tert-OH is 1. The maximum atomic E-state index is 10.3. The number of carbonyl (C=O) groups is 1. The summed E-state index contributed by atoms with van der Waals surface area (Å²) in [6, 6.07) is 6.69. The second-order valence-corrected chi connectivity index (χ2v) is 3.12. The van der Waals surface area contributed by atoms with E-state index < -0.39 is 12.1 Å². The van der Waals surface area contributed by atoms with Gasteiger partial charge in [0.25, 0.3) is 0 Å². The summed E-state index contributed by atoms with van der Waals surface area (Å²) in [6.45, 7) is 0. The average molecular weight is 201 g/mol. The van der Waals surface area contributed by atoms with Gasteiger partial charge in [-0.1, -0.05) is 23.7 Å². The minimum absolute atomic E-state index is 0.104. The number of aliphatic carboxylic acids is 1. The molecule has 0 heterocycles. The predicted octanol–water partition coefficient (Wildman–Crippen LogP) is 1.33. The van der Waals surface area contributed by atoms with Crippen LogP contribution in [0.3, 0.4) is 0 Å². The van der Waals surface area contributed by atoms with Crippen LogP contribution in [0.25, 0.3) is 0 Å². The van der Waals surface area contributed by atoms with Crippen LogP contribution in [0.4, 0.5) is 0 Å². The fourth-order valence-corrected chi connectivity index (χ4v) is 1.06. The number of carboxylic acids is 1. The zero-order chi connectivity index (χ0) is 9.84. The third kappa shape index (κ3) is 3.05. The van der Waals surface area contributed by atoms with Gasteiger partial charge in [0.1, 0.15) is 0 Å². The van der Waals surface area contributed by atoms with Gasteiger partial charge in [0.15, 0.2) is 6.10 Å². The van der Waals surface area contributed by atoms with Crippen molar-refractivity contribution in [2.24, 2.45) is 0 Å². The molecule has 3 nitrogen and oxygen atoms in total. The summed E-state index contributed by atoms with van der Waals surface area (Å²) in [5.74, 6) is -1.21. The summed E-state index contributed by atoms with van der Waals surface area (Å²) in [4.78, 5) is 10.3. The zero-order valence-electron chi connectivity index (χ0n) is 6.77. The standard InChI is InChI=1S/C9H9ClO3/c10-7-3-1-6(2-4-7)5-8(11)9(12)13/h1-4,8,11H,5H2,(H,12,13)/t8-/m1/s1. The second-order valence-electron chi connectivity index (χ2n) is 2.68. The van der Waals surface area contributed by atoms with E-state index in [0.29, 0.717) is 5.02 Å². The van der Waals surface area contributed by atoms with Crippen molar-refractivity contribution in [3.63, 3.8) is 0 Å². The Hall–Kier alpha value is -1.06. The molecule has 0 fully saturated rings. The molecule has 0 aliphatic rings. The first kappa shape index (κ1) is 10.0. The molecule has 4 heteroatoms. The van der Waals surface area contributed by atoms with Crippen LogP contribution in [-0.4, -0.2) is 22.3 Å². The van der Waals surface area contributed by atoms with Gasteiger partial charge in [0.2, 0.25) is 0 Å². The molecule has 0 unspecified atom stereocenters. The number of carboxylic acid groups (broad SMARTS) is 1. The predicted molar refractivity (Wildman–Crippen MR) is 48.8 cm³/mol. The van der Waals surface area contributed by atoms with Gasteiger partial charge in [0.05, 0.1) is 0 Å². The van der Waals surface area contributed by atoms with Gasteiger partial charge in [-0.05, 0) is 17.7 Å². The highest BCUT2D eigenvalue weighted by atomic mass is 35.5. The van der Waals surface area contributed by atoms with Gasteiger partial charge in [-0.25, -0.2) is 4.79 Å². The van der Waals surface area contributed by atoms with Crippen molar-refractivity contribution in [2.75, 3.05) is 0 Å². The van der Waals surface area contributed by atoms with Gasteiger partial charge in [-0.15, -0.1) is 0 Å². The topological polar surface area (TPSA) is 57.5 Å². The van der Waals surface area contributed by atoms with Crippen molar-refractivity contribution in [2.45, 2.75) is 12.5 Å². The minimum Gasteiger partial charge on any atom is -0.479 e. The Morgan fingerprint density at radius 1 is 1.38 bits per heavy atom. The van der Waals surface area contributed by atoms with E-state index in [1.54, 1.807) is 24.3 Å². The molecule has 1 aromatic rings. The minimum atomic E-state index is -1.35. The smallest absolute Gasteiger partial charge is 0.332 e. The lowest BCUT2D eigenvalue weighted by Crippen LogP contribution is -2.21. The van der Waals surface area contributed by atoms with Crippen molar-refractivity contribution >= 4 is 17.6 Å². The lowest BCUT2D eigenvalue weighted by atomic mass is 10.1.